The van der Waals surface area contributed by atoms with Gasteiger partial charge in [0.15, 0.2) is 0 Å². The zero-order valence-corrected chi connectivity index (χ0v) is 13.5. The third kappa shape index (κ3) is 3.93. The number of amides is 1. The average molecular weight is 290 g/mol. The number of rotatable bonds is 4. The van der Waals surface area contributed by atoms with Crippen molar-refractivity contribution in [3.8, 4) is 0 Å². The minimum atomic E-state index is -0.00343. The van der Waals surface area contributed by atoms with Crippen molar-refractivity contribution in [1.29, 1.82) is 0 Å². The van der Waals surface area contributed by atoms with Crippen molar-refractivity contribution in [1.82, 2.24) is 14.9 Å². The Bertz CT molecular complexity index is 478. The molecule has 1 amide bonds. The molecule has 0 saturated carbocycles. The Morgan fingerprint density at radius 1 is 1.38 bits per heavy atom. The number of hydrogen-bond donors (Lipinski definition) is 1. The Balaban J connectivity index is 1.98. The standard InChI is InChI=1S/C16H26N4O/c1-5-7-17-14-10-18-13(9-19-14)15(21)20-8-6-12(11-20)16(2,3)4/h9-10,12H,5-8,11H2,1-4H3,(H,17,19). The number of hydrogen-bond acceptors (Lipinski definition) is 4. The van der Waals surface area contributed by atoms with Gasteiger partial charge < -0.3 is 10.2 Å². The first-order valence-electron chi connectivity index (χ1n) is 7.77. The molecule has 1 fully saturated rings. The Hall–Kier alpha value is -1.65. The molecule has 0 aliphatic carbocycles. The minimum Gasteiger partial charge on any atom is -0.369 e. The van der Waals surface area contributed by atoms with Gasteiger partial charge in [0.1, 0.15) is 11.5 Å². The van der Waals surface area contributed by atoms with Gasteiger partial charge in [-0.1, -0.05) is 27.7 Å². The van der Waals surface area contributed by atoms with E-state index < -0.39 is 0 Å². The fourth-order valence-corrected chi connectivity index (χ4v) is 2.60. The number of nitrogens with one attached hydrogen (secondary N) is 1. The summed E-state index contributed by atoms with van der Waals surface area (Å²) in [5.41, 5.74) is 0.681. The van der Waals surface area contributed by atoms with E-state index in [1.807, 2.05) is 4.90 Å². The number of aromatic nitrogens is 2. The maximum absolute atomic E-state index is 12.4. The Labute approximate surface area is 127 Å². The van der Waals surface area contributed by atoms with Crippen LogP contribution >= 0.6 is 0 Å². The second kappa shape index (κ2) is 6.41. The molecule has 1 N–H and O–H groups in total. The highest BCUT2D eigenvalue weighted by atomic mass is 16.2. The zero-order chi connectivity index (χ0) is 15.5. The van der Waals surface area contributed by atoms with E-state index in [2.05, 4.69) is 43.0 Å². The van der Waals surface area contributed by atoms with E-state index in [0.717, 1.165) is 38.3 Å². The number of likely N-dealkylation sites (tertiary alicyclic amines) is 1. The van der Waals surface area contributed by atoms with Gasteiger partial charge in [-0.2, -0.15) is 0 Å². The minimum absolute atomic E-state index is 0.00343. The van der Waals surface area contributed by atoms with Crippen LogP contribution in [0.15, 0.2) is 12.4 Å². The van der Waals surface area contributed by atoms with Crippen molar-refractivity contribution in [2.24, 2.45) is 11.3 Å². The predicted molar refractivity (Wildman–Crippen MR) is 84.3 cm³/mol. The molecule has 116 valence electrons. The van der Waals surface area contributed by atoms with Crippen molar-refractivity contribution in [3.05, 3.63) is 18.1 Å². The first-order valence-corrected chi connectivity index (χ1v) is 7.77. The highest BCUT2D eigenvalue weighted by Crippen LogP contribution is 2.33. The zero-order valence-electron chi connectivity index (χ0n) is 13.5. The van der Waals surface area contributed by atoms with Crippen LogP contribution in [0, 0.1) is 11.3 Å². The Kier molecular flexibility index (Phi) is 4.80. The van der Waals surface area contributed by atoms with Gasteiger partial charge in [-0.05, 0) is 24.2 Å². The van der Waals surface area contributed by atoms with Gasteiger partial charge in [-0.3, -0.25) is 4.79 Å². The van der Waals surface area contributed by atoms with Crippen molar-refractivity contribution >= 4 is 11.7 Å². The molecule has 1 atom stereocenters. The van der Waals surface area contributed by atoms with Crippen LogP contribution in [-0.2, 0) is 0 Å². The number of carbonyl (C=O) groups is 1. The Morgan fingerprint density at radius 2 is 2.14 bits per heavy atom. The van der Waals surface area contributed by atoms with E-state index in [-0.39, 0.29) is 11.3 Å². The number of anilines is 1. The Morgan fingerprint density at radius 3 is 2.67 bits per heavy atom. The molecule has 0 aromatic carbocycles. The van der Waals surface area contributed by atoms with E-state index in [0.29, 0.717) is 11.6 Å². The molecule has 21 heavy (non-hydrogen) atoms. The summed E-state index contributed by atoms with van der Waals surface area (Å²) < 4.78 is 0. The van der Waals surface area contributed by atoms with E-state index in [1.165, 1.54) is 0 Å². The monoisotopic (exact) mass is 290 g/mol. The molecular weight excluding hydrogens is 264 g/mol. The van der Waals surface area contributed by atoms with Gasteiger partial charge in [0.25, 0.3) is 5.91 Å². The van der Waals surface area contributed by atoms with E-state index in [1.54, 1.807) is 12.4 Å². The highest BCUT2D eigenvalue weighted by Gasteiger charge is 2.34. The van der Waals surface area contributed by atoms with Crippen molar-refractivity contribution in [2.45, 2.75) is 40.5 Å². The summed E-state index contributed by atoms with van der Waals surface area (Å²) in [6.07, 6.45) is 5.31. The molecule has 2 heterocycles. The lowest BCUT2D eigenvalue weighted by atomic mass is 9.80. The van der Waals surface area contributed by atoms with Crippen molar-refractivity contribution in [2.75, 3.05) is 25.0 Å². The summed E-state index contributed by atoms with van der Waals surface area (Å²) in [5, 5.41) is 3.16. The molecule has 2 rings (SSSR count). The van der Waals surface area contributed by atoms with Crippen LogP contribution in [0.1, 0.15) is 51.0 Å². The molecular formula is C16H26N4O. The lowest BCUT2D eigenvalue weighted by Crippen LogP contribution is -2.31. The quantitative estimate of drug-likeness (QED) is 0.926. The molecule has 0 bridgehead atoms. The van der Waals surface area contributed by atoms with Crippen molar-refractivity contribution < 1.29 is 4.79 Å². The molecule has 1 aliphatic heterocycles. The normalized spacial score (nSPS) is 18.9. The van der Waals surface area contributed by atoms with Gasteiger partial charge in [0.05, 0.1) is 12.4 Å². The average Bonchev–Trinajstić information content (AvgIpc) is 2.95. The van der Waals surface area contributed by atoms with Crippen LogP contribution in [-0.4, -0.2) is 40.4 Å². The molecule has 0 spiro atoms. The number of carbonyl (C=O) groups excluding carboxylic acids is 1. The summed E-state index contributed by atoms with van der Waals surface area (Å²) in [5.74, 6) is 1.28. The van der Waals surface area contributed by atoms with Crippen molar-refractivity contribution in [3.63, 3.8) is 0 Å². The van der Waals surface area contributed by atoms with E-state index in [4.69, 9.17) is 0 Å². The molecule has 0 radical (unpaired) electrons. The first-order chi connectivity index (χ1) is 9.91. The van der Waals surface area contributed by atoms with Crippen LogP contribution in [0.25, 0.3) is 0 Å². The van der Waals surface area contributed by atoms with Gasteiger partial charge in [0, 0.05) is 19.6 Å². The molecule has 1 aliphatic rings. The maximum Gasteiger partial charge on any atom is 0.274 e. The van der Waals surface area contributed by atoms with E-state index in [9.17, 15) is 4.79 Å². The predicted octanol–water partition coefficient (Wildman–Crippen LogP) is 2.81. The lowest BCUT2D eigenvalue weighted by molar-refractivity contribution is 0.0770. The second-order valence-electron chi connectivity index (χ2n) is 6.82. The maximum atomic E-state index is 12.4. The van der Waals surface area contributed by atoms with Gasteiger partial charge >= 0.3 is 0 Å². The van der Waals surface area contributed by atoms with Crippen LogP contribution in [0.4, 0.5) is 5.82 Å². The molecule has 5 nitrogen and oxygen atoms in total. The fourth-order valence-electron chi connectivity index (χ4n) is 2.60. The van der Waals surface area contributed by atoms with Crippen LogP contribution in [0.2, 0.25) is 0 Å². The smallest absolute Gasteiger partial charge is 0.274 e. The summed E-state index contributed by atoms with van der Waals surface area (Å²) in [4.78, 5) is 22.9. The number of nitrogens with zero attached hydrogens (tertiary/aromatic N) is 3. The van der Waals surface area contributed by atoms with E-state index >= 15 is 0 Å². The summed E-state index contributed by atoms with van der Waals surface area (Å²) in [7, 11) is 0. The molecule has 1 unspecified atom stereocenters. The van der Waals surface area contributed by atoms with Gasteiger partial charge in [-0.25, -0.2) is 9.97 Å². The highest BCUT2D eigenvalue weighted by molar-refractivity contribution is 5.92. The molecule has 1 saturated heterocycles. The summed E-state index contributed by atoms with van der Waals surface area (Å²) in [6, 6.07) is 0. The van der Waals surface area contributed by atoms with Crippen LogP contribution < -0.4 is 5.32 Å². The van der Waals surface area contributed by atoms with Gasteiger partial charge in [0.2, 0.25) is 0 Å². The molecule has 1 aromatic heterocycles. The largest absolute Gasteiger partial charge is 0.369 e. The third-order valence-corrected chi connectivity index (χ3v) is 4.13. The topological polar surface area (TPSA) is 58.1 Å². The molecule has 1 aromatic rings. The third-order valence-electron chi connectivity index (χ3n) is 4.13. The lowest BCUT2D eigenvalue weighted by Gasteiger charge is -2.26. The second-order valence-corrected chi connectivity index (χ2v) is 6.82. The SMILES string of the molecule is CCCNc1cnc(C(=O)N2CCC(C(C)(C)C)C2)cn1. The first kappa shape index (κ1) is 15.7. The summed E-state index contributed by atoms with van der Waals surface area (Å²) >= 11 is 0. The fraction of sp³-hybridized carbons (Fsp3) is 0.688. The van der Waals surface area contributed by atoms with Crippen LogP contribution in [0.5, 0.6) is 0 Å². The van der Waals surface area contributed by atoms with Gasteiger partial charge in [-0.15, -0.1) is 0 Å². The van der Waals surface area contributed by atoms with Crippen LogP contribution in [0.3, 0.4) is 0 Å². The summed E-state index contributed by atoms with van der Waals surface area (Å²) in [6.45, 7) is 11.3. The molecule has 5 heteroatoms.